The molecule has 28 heavy (non-hydrogen) atoms. The molecule has 4 nitrogen and oxygen atoms in total. The van der Waals surface area contributed by atoms with Crippen molar-refractivity contribution < 1.29 is 13.9 Å². The molecule has 1 fully saturated rings. The normalized spacial score (nSPS) is 17.4. The molecule has 0 unspecified atom stereocenters. The number of aromatic nitrogens is 1. The van der Waals surface area contributed by atoms with Gasteiger partial charge >= 0.3 is 0 Å². The highest BCUT2D eigenvalue weighted by molar-refractivity contribution is 5.64. The van der Waals surface area contributed by atoms with Crippen LogP contribution in [0.2, 0.25) is 0 Å². The molecule has 0 radical (unpaired) electrons. The number of methoxy groups -OCH3 is 1. The molecule has 0 aliphatic carbocycles. The zero-order valence-electron chi connectivity index (χ0n) is 15.8. The van der Waals surface area contributed by atoms with Crippen LogP contribution in [-0.2, 0) is 11.3 Å². The molecule has 0 saturated carbocycles. The van der Waals surface area contributed by atoms with Crippen molar-refractivity contribution in [2.75, 3.05) is 26.8 Å². The maximum absolute atomic E-state index is 13.9. The van der Waals surface area contributed by atoms with Crippen molar-refractivity contribution in [3.8, 4) is 16.9 Å². The highest BCUT2D eigenvalue weighted by Crippen LogP contribution is 2.26. The molecule has 4 rings (SSSR count). The average molecular weight is 378 g/mol. The van der Waals surface area contributed by atoms with Crippen LogP contribution in [0.15, 0.2) is 66.9 Å². The van der Waals surface area contributed by atoms with Crippen LogP contribution >= 0.6 is 0 Å². The van der Waals surface area contributed by atoms with E-state index in [9.17, 15) is 4.39 Å². The van der Waals surface area contributed by atoms with Crippen LogP contribution in [-0.4, -0.2) is 36.7 Å². The number of hydrogen-bond donors (Lipinski definition) is 0. The van der Waals surface area contributed by atoms with Gasteiger partial charge in [0.15, 0.2) is 0 Å². The summed E-state index contributed by atoms with van der Waals surface area (Å²) in [5, 5.41) is 0. The van der Waals surface area contributed by atoms with Crippen molar-refractivity contribution in [1.29, 1.82) is 0 Å². The first-order valence-electron chi connectivity index (χ1n) is 9.40. The molecule has 1 aliphatic rings. The molecule has 3 aromatic rings. The number of nitrogens with zero attached hydrogens (tertiary/aromatic N) is 2. The minimum absolute atomic E-state index is 0.111. The Bertz CT molecular complexity index is 930. The third-order valence-corrected chi connectivity index (χ3v) is 5.02. The van der Waals surface area contributed by atoms with Gasteiger partial charge in [0.2, 0.25) is 0 Å². The summed E-state index contributed by atoms with van der Waals surface area (Å²) >= 11 is 0. The molecule has 1 saturated heterocycles. The van der Waals surface area contributed by atoms with Gasteiger partial charge in [0.1, 0.15) is 17.7 Å². The maximum atomic E-state index is 13.9. The lowest BCUT2D eigenvalue weighted by molar-refractivity contribution is -0.0352. The van der Waals surface area contributed by atoms with E-state index in [1.807, 2.05) is 48.7 Å². The Hall–Kier alpha value is -2.76. The van der Waals surface area contributed by atoms with Gasteiger partial charge in [0.05, 0.1) is 19.4 Å². The van der Waals surface area contributed by atoms with Crippen LogP contribution in [0.1, 0.15) is 17.4 Å². The second kappa shape index (κ2) is 8.50. The molecule has 0 amide bonds. The molecule has 2 heterocycles. The van der Waals surface area contributed by atoms with Crippen molar-refractivity contribution >= 4 is 0 Å². The third-order valence-electron chi connectivity index (χ3n) is 5.02. The lowest BCUT2D eigenvalue weighted by Gasteiger charge is -2.32. The van der Waals surface area contributed by atoms with Crippen molar-refractivity contribution in [3.63, 3.8) is 0 Å². The zero-order valence-corrected chi connectivity index (χ0v) is 15.8. The molecule has 1 aliphatic heterocycles. The largest absolute Gasteiger partial charge is 0.497 e. The number of ether oxygens (including phenoxy) is 2. The fourth-order valence-electron chi connectivity index (χ4n) is 3.46. The minimum atomic E-state index is -0.161. The van der Waals surface area contributed by atoms with Crippen molar-refractivity contribution in [3.05, 3.63) is 83.9 Å². The van der Waals surface area contributed by atoms with Gasteiger partial charge in [-0.15, -0.1) is 0 Å². The standard InChI is InChI=1S/C23H23FN2O2/c1-27-20-7-4-6-17(13-20)18-9-10-22(25-14-18)23-16-26(11-12-28-23)15-19-5-2-3-8-21(19)24/h2-10,13-14,23H,11-12,15-16H2,1H3/t23-/m1/s1. The first-order chi connectivity index (χ1) is 13.7. The van der Waals surface area contributed by atoms with E-state index in [0.717, 1.165) is 29.1 Å². The summed E-state index contributed by atoms with van der Waals surface area (Å²) in [6.45, 7) is 2.67. The molecule has 144 valence electrons. The Kier molecular flexibility index (Phi) is 5.65. The van der Waals surface area contributed by atoms with E-state index in [2.05, 4.69) is 16.0 Å². The van der Waals surface area contributed by atoms with E-state index in [1.165, 1.54) is 6.07 Å². The van der Waals surface area contributed by atoms with Crippen LogP contribution in [0.4, 0.5) is 4.39 Å². The Balaban J connectivity index is 1.45. The quantitative estimate of drug-likeness (QED) is 0.656. The summed E-state index contributed by atoms with van der Waals surface area (Å²) < 4.78 is 25.2. The highest BCUT2D eigenvalue weighted by atomic mass is 19.1. The Labute approximate surface area is 164 Å². The monoisotopic (exact) mass is 378 g/mol. The van der Waals surface area contributed by atoms with Gasteiger partial charge in [-0.25, -0.2) is 4.39 Å². The molecular weight excluding hydrogens is 355 g/mol. The van der Waals surface area contributed by atoms with Gasteiger partial charge in [-0.05, 0) is 29.8 Å². The van der Waals surface area contributed by atoms with Crippen molar-refractivity contribution in [1.82, 2.24) is 9.88 Å². The van der Waals surface area contributed by atoms with Crippen molar-refractivity contribution in [2.24, 2.45) is 0 Å². The Morgan fingerprint density at radius 1 is 1.11 bits per heavy atom. The molecule has 1 atom stereocenters. The summed E-state index contributed by atoms with van der Waals surface area (Å²) in [4.78, 5) is 6.84. The van der Waals surface area contributed by atoms with E-state index in [-0.39, 0.29) is 11.9 Å². The molecular formula is C23H23FN2O2. The van der Waals surface area contributed by atoms with Gasteiger partial charge in [-0.3, -0.25) is 9.88 Å². The van der Waals surface area contributed by atoms with Gasteiger partial charge in [-0.1, -0.05) is 36.4 Å². The van der Waals surface area contributed by atoms with Gasteiger partial charge in [-0.2, -0.15) is 0 Å². The molecule has 0 bridgehead atoms. The van der Waals surface area contributed by atoms with E-state index in [0.29, 0.717) is 25.3 Å². The summed E-state index contributed by atoms with van der Waals surface area (Å²) in [6, 6.07) is 18.9. The summed E-state index contributed by atoms with van der Waals surface area (Å²) in [7, 11) is 1.66. The Morgan fingerprint density at radius 3 is 2.79 bits per heavy atom. The SMILES string of the molecule is COc1cccc(-c2ccc([C@H]3CN(Cc4ccccc4F)CCO3)nc2)c1. The number of morpholine rings is 1. The van der Waals surface area contributed by atoms with Gasteiger partial charge in [0.25, 0.3) is 0 Å². The lowest BCUT2D eigenvalue weighted by Crippen LogP contribution is -2.38. The van der Waals surface area contributed by atoms with Crippen LogP contribution in [0.3, 0.4) is 0 Å². The number of rotatable bonds is 5. The maximum Gasteiger partial charge on any atom is 0.127 e. The van der Waals surface area contributed by atoms with E-state index < -0.39 is 0 Å². The minimum Gasteiger partial charge on any atom is -0.497 e. The first-order valence-corrected chi connectivity index (χ1v) is 9.40. The van der Waals surface area contributed by atoms with Gasteiger partial charge < -0.3 is 9.47 Å². The molecule has 0 N–H and O–H groups in total. The van der Waals surface area contributed by atoms with E-state index >= 15 is 0 Å². The van der Waals surface area contributed by atoms with E-state index in [4.69, 9.17) is 9.47 Å². The number of hydrogen-bond acceptors (Lipinski definition) is 4. The summed E-state index contributed by atoms with van der Waals surface area (Å²) in [6.07, 6.45) is 1.75. The highest BCUT2D eigenvalue weighted by Gasteiger charge is 2.23. The molecule has 1 aromatic heterocycles. The topological polar surface area (TPSA) is 34.6 Å². The second-order valence-corrected chi connectivity index (χ2v) is 6.89. The smallest absolute Gasteiger partial charge is 0.127 e. The average Bonchev–Trinajstić information content (AvgIpc) is 2.76. The molecule has 0 spiro atoms. The Morgan fingerprint density at radius 2 is 2.00 bits per heavy atom. The fourth-order valence-corrected chi connectivity index (χ4v) is 3.46. The molecule has 2 aromatic carbocycles. The first kappa shape index (κ1) is 18.6. The number of benzene rings is 2. The predicted octanol–water partition coefficient (Wildman–Crippen LogP) is 4.47. The number of pyridine rings is 1. The predicted molar refractivity (Wildman–Crippen MR) is 107 cm³/mol. The van der Waals surface area contributed by atoms with Gasteiger partial charge in [0, 0.05) is 37.0 Å². The van der Waals surface area contributed by atoms with Crippen LogP contribution < -0.4 is 4.74 Å². The van der Waals surface area contributed by atoms with Crippen LogP contribution in [0.25, 0.3) is 11.1 Å². The van der Waals surface area contributed by atoms with Crippen LogP contribution in [0.5, 0.6) is 5.75 Å². The van der Waals surface area contributed by atoms with E-state index in [1.54, 1.807) is 13.2 Å². The second-order valence-electron chi connectivity index (χ2n) is 6.89. The summed E-state index contributed by atoms with van der Waals surface area (Å²) in [5.74, 6) is 0.660. The lowest BCUT2D eigenvalue weighted by atomic mass is 10.1. The zero-order chi connectivity index (χ0) is 19.3. The summed E-state index contributed by atoms with van der Waals surface area (Å²) in [5.41, 5.74) is 3.69. The van der Waals surface area contributed by atoms with Crippen molar-refractivity contribution in [2.45, 2.75) is 12.6 Å². The number of halogens is 1. The third kappa shape index (κ3) is 4.21. The fraction of sp³-hybridized carbons (Fsp3) is 0.261. The molecule has 5 heteroatoms. The van der Waals surface area contributed by atoms with Crippen LogP contribution in [0, 0.1) is 5.82 Å².